The van der Waals surface area contributed by atoms with Gasteiger partial charge in [0.05, 0.1) is 5.69 Å². The first-order valence-corrected chi connectivity index (χ1v) is 9.78. The number of hydrogen-bond acceptors (Lipinski definition) is 2. The third kappa shape index (κ3) is 5.44. The van der Waals surface area contributed by atoms with Gasteiger partial charge in [-0.25, -0.2) is 13.6 Å². The normalized spacial score (nSPS) is 15.7. The topological polar surface area (TPSA) is 61.4 Å². The van der Waals surface area contributed by atoms with Crippen LogP contribution in [-0.2, 0) is 4.79 Å². The van der Waals surface area contributed by atoms with Gasteiger partial charge in [0.2, 0.25) is 5.91 Å². The molecule has 0 aromatic heterocycles. The van der Waals surface area contributed by atoms with Crippen molar-refractivity contribution < 1.29 is 18.4 Å². The third-order valence-electron chi connectivity index (χ3n) is 5.23. The molecule has 29 heavy (non-hydrogen) atoms. The Morgan fingerprint density at radius 1 is 1.07 bits per heavy atom. The van der Waals surface area contributed by atoms with Crippen LogP contribution < -0.4 is 10.6 Å². The zero-order valence-corrected chi connectivity index (χ0v) is 16.7. The van der Waals surface area contributed by atoms with Gasteiger partial charge in [-0.15, -0.1) is 0 Å². The summed E-state index contributed by atoms with van der Waals surface area (Å²) in [7, 11) is 0. The molecule has 1 atom stereocenters. The third-order valence-corrected chi connectivity index (χ3v) is 5.48. The van der Waals surface area contributed by atoms with Gasteiger partial charge in [0.15, 0.2) is 0 Å². The highest BCUT2D eigenvalue weighted by Gasteiger charge is 2.30. The van der Waals surface area contributed by atoms with Crippen molar-refractivity contribution in [2.45, 2.75) is 19.8 Å². The van der Waals surface area contributed by atoms with Crippen molar-refractivity contribution in [3.05, 3.63) is 59.1 Å². The van der Waals surface area contributed by atoms with E-state index in [1.165, 1.54) is 0 Å². The van der Waals surface area contributed by atoms with Gasteiger partial charge in [-0.3, -0.25) is 4.79 Å². The molecule has 2 aromatic carbocycles. The number of hydrogen-bond donors (Lipinski definition) is 2. The molecule has 2 N–H and O–H groups in total. The molecule has 3 amide bonds. The van der Waals surface area contributed by atoms with Crippen molar-refractivity contribution >= 4 is 34.9 Å². The Bertz CT molecular complexity index is 884. The number of anilines is 2. The number of carbonyl (C=O) groups excluding carboxylic acids is 2. The fourth-order valence-electron chi connectivity index (χ4n) is 3.39. The van der Waals surface area contributed by atoms with Crippen molar-refractivity contribution in [2.75, 3.05) is 23.7 Å². The first-order valence-electron chi connectivity index (χ1n) is 9.41. The van der Waals surface area contributed by atoms with Gasteiger partial charge >= 0.3 is 6.03 Å². The predicted octanol–water partition coefficient (Wildman–Crippen LogP) is 5.14. The number of urea groups is 1. The molecule has 1 fully saturated rings. The Kier molecular flexibility index (Phi) is 6.69. The van der Waals surface area contributed by atoms with E-state index in [4.69, 9.17) is 11.6 Å². The molecule has 3 rings (SSSR count). The van der Waals surface area contributed by atoms with Gasteiger partial charge in [0.1, 0.15) is 11.6 Å². The SMILES string of the molecule is C[C@@H](C(=O)Nc1cc(F)ccc1F)C1CCN(C(=O)Nc2ccc(Cl)cc2)CC1. The molecule has 0 spiro atoms. The van der Waals surface area contributed by atoms with Crippen LogP contribution in [0.2, 0.25) is 5.02 Å². The fourth-order valence-corrected chi connectivity index (χ4v) is 3.52. The number of amides is 3. The molecule has 0 aliphatic carbocycles. The molecular formula is C21H22ClF2N3O2. The molecule has 5 nitrogen and oxygen atoms in total. The lowest BCUT2D eigenvalue weighted by Gasteiger charge is -2.34. The van der Waals surface area contributed by atoms with Crippen LogP contribution in [-0.4, -0.2) is 29.9 Å². The number of piperidine rings is 1. The maximum absolute atomic E-state index is 13.7. The molecule has 1 aliphatic rings. The summed E-state index contributed by atoms with van der Waals surface area (Å²) < 4.78 is 27.0. The summed E-state index contributed by atoms with van der Waals surface area (Å²) in [5.41, 5.74) is 0.494. The van der Waals surface area contributed by atoms with Crippen LogP contribution in [0.5, 0.6) is 0 Å². The summed E-state index contributed by atoms with van der Waals surface area (Å²) in [5.74, 6) is -2.00. The minimum Gasteiger partial charge on any atom is -0.325 e. The molecule has 0 radical (unpaired) electrons. The zero-order valence-electron chi connectivity index (χ0n) is 15.9. The molecule has 1 saturated heterocycles. The van der Waals surface area contributed by atoms with E-state index in [0.29, 0.717) is 36.6 Å². The molecule has 2 aromatic rings. The van der Waals surface area contributed by atoms with Crippen LogP contribution in [0.1, 0.15) is 19.8 Å². The van der Waals surface area contributed by atoms with Gasteiger partial charge < -0.3 is 15.5 Å². The number of likely N-dealkylation sites (tertiary alicyclic amines) is 1. The second kappa shape index (κ2) is 9.22. The highest BCUT2D eigenvalue weighted by atomic mass is 35.5. The van der Waals surface area contributed by atoms with Gasteiger partial charge in [-0.05, 0) is 55.2 Å². The lowest BCUT2D eigenvalue weighted by Crippen LogP contribution is -2.43. The number of benzene rings is 2. The minimum absolute atomic E-state index is 0.0474. The van der Waals surface area contributed by atoms with Crippen molar-refractivity contribution in [3.8, 4) is 0 Å². The molecule has 0 unspecified atom stereocenters. The molecule has 0 saturated carbocycles. The summed E-state index contributed by atoms with van der Waals surface area (Å²) in [6.07, 6.45) is 1.29. The predicted molar refractivity (Wildman–Crippen MR) is 109 cm³/mol. The van der Waals surface area contributed by atoms with E-state index in [1.807, 2.05) is 0 Å². The largest absolute Gasteiger partial charge is 0.325 e. The van der Waals surface area contributed by atoms with Crippen molar-refractivity contribution in [1.29, 1.82) is 0 Å². The van der Waals surface area contributed by atoms with E-state index in [9.17, 15) is 18.4 Å². The van der Waals surface area contributed by atoms with E-state index in [1.54, 1.807) is 36.1 Å². The number of nitrogens with one attached hydrogen (secondary N) is 2. The van der Waals surface area contributed by atoms with Crippen LogP contribution in [0.3, 0.4) is 0 Å². The number of halogens is 3. The van der Waals surface area contributed by atoms with Crippen LogP contribution >= 0.6 is 11.6 Å². The number of rotatable bonds is 4. The van der Waals surface area contributed by atoms with Crippen molar-refractivity contribution in [2.24, 2.45) is 11.8 Å². The minimum atomic E-state index is -0.680. The lowest BCUT2D eigenvalue weighted by molar-refractivity contribution is -0.121. The average molecular weight is 422 g/mol. The highest BCUT2D eigenvalue weighted by molar-refractivity contribution is 6.30. The molecular weight excluding hydrogens is 400 g/mol. The Balaban J connectivity index is 1.51. The maximum atomic E-state index is 13.7. The zero-order chi connectivity index (χ0) is 21.0. The first-order chi connectivity index (χ1) is 13.8. The maximum Gasteiger partial charge on any atom is 0.321 e. The van der Waals surface area contributed by atoms with E-state index in [0.717, 1.165) is 18.2 Å². The van der Waals surface area contributed by atoms with E-state index in [-0.39, 0.29) is 29.5 Å². The van der Waals surface area contributed by atoms with Crippen LogP contribution in [0, 0.1) is 23.5 Å². The van der Waals surface area contributed by atoms with Crippen LogP contribution in [0.4, 0.5) is 25.0 Å². The van der Waals surface area contributed by atoms with Crippen LogP contribution in [0.25, 0.3) is 0 Å². The Hall–Kier alpha value is -2.67. The molecule has 1 heterocycles. The lowest BCUT2D eigenvalue weighted by atomic mass is 9.85. The summed E-state index contributed by atoms with van der Waals surface area (Å²) >= 11 is 5.84. The molecule has 154 valence electrons. The second-order valence-electron chi connectivity index (χ2n) is 7.16. The summed E-state index contributed by atoms with van der Waals surface area (Å²) in [4.78, 5) is 26.6. The Morgan fingerprint density at radius 2 is 1.72 bits per heavy atom. The van der Waals surface area contributed by atoms with E-state index in [2.05, 4.69) is 10.6 Å². The summed E-state index contributed by atoms with van der Waals surface area (Å²) in [6.45, 7) is 2.78. The average Bonchev–Trinajstić information content (AvgIpc) is 2.72. The fraction of sp³-hybridized carbons (Fsp3) is 0.333. The molecule has 0 bridgehead atoms. The van der Waals surface area contributed by atoms with Gasteiger partial charge in [-0.1, -0.05) is 18.5 Å². The summed E-state index contributed by atoms with van der Waals surface area (Å²) in [5, 5.41) is 5.88. The van der Waals surface area contributed by atoms with Crippen molar-refractivity contribution in [1.82, 2.24) is 4.90 Å². The highest BCUT2D eigenvalue weighted by Crippen LogP contribution is 2.27. The molecule has 8 heteroatoms. The van der Waals surface area contributed by atoms with Gasteiger partial charge in [-0.2, -0.15) is 0 Å². The van der Waals surface area contributed by atoms with Gasteiger partial charge in [0, 0.05) is 35.8 Å². The Morgan fingerprint density at radius 3 is 2.38 bits per heavy atom. The number of carbonyl (C=O) groups is 2. The van der Waals surface area contributed by atoms with E-state index >= 15 is 0 Å². The Labute approximate surface area is 173 Å². The van der Waals surface area contributed by atoms with Crippen LogP contribution in [0.15, 0.2) is 42.5 Å². The monoisotopic (exact) mass is 421 g/mol. The van der Waals surface area contributed by atoms with Gasteiger partial charge in [0.25, 0.3) is 0 Å². The van der Waals surface area contributed by atoms with Crippen molar-refractivity contribution in [3.63, 3.8) is 0 Å². The smallest absolute Gasteiger partial charge is 0.321 e. The standard InChI is InChI=1S/C21H22ClF2N3O2/c1-13(20(28)26-19-12-16(23)4-7-18(19)24)14-8-10-27(11-9-14)21(29)25-17-5-2-15(22)3-6-17/h2-7,12-14H,8-11H2,1H3,(H,25,29)(H,26,28)/t13-/m1/s1. The number of nitrogens with zero attached hydrogens (tertiary/aromatic N) is 1. The first kappa shape index (κ1) is 21.0. The summed E-state index contributed by atoms with van der Waals surface area (Å²) in [6, 6.07) is 9.59. The quantitative estimate of drug-likeness (QED) is 0.718. The van der Waals surface area contributed by atoms with E-state index < -0.39 is 11.6 Å². The second-order valence-corrected chi connectivity index (χ2v) is 7.60. The molecule has 1 aliphatic heterocycles.